The van der Waals surface area contributed by atoms with Crippen molar-refractivity contribution in [3.63, 3.8) is 0 Å². The lowest BCUT2D eigenvalue weighted by molar-refractivity contribution is -0.111. The Morgan fingerprint density at radius 2 is 1.98 bits per heavy atom. The number of aromatic nitrogens is 2. The maximum absolute atomic E-state index is 12.4. The Morgan fingerprint density at radius 1 is 1.17 bits per heavy atom. The van der Waals surface area contributed by atoms with Gasteiger partial charge >= 0.3 is 0 Å². The van der Waals surface area contributed by atoms with Gasteiger partial charge in [0.1, 0.15) is 17.9 Å². The molecule has 0 radical (unpaired) electrons. The summed E-state index contributed by atoms with van der Waals surface area (Å²) in [6, 6.07) is 11.0. The van der Waals surface area contributed by atoms with E-state index in [9.17, 15) is 4.79 Å². The quantitative estimate of drug-likeness (QED) is 0.302. The van der Waals surface area contributed by atoms with Crippen molar-refractivity contribution < 1.29 is 14.4 Å². The summed E-state index contributed by atoms with van der Waals surface area (Å²) >= 11 is 12.8. The number of hydrogen-bond acceptors (Lipinski definition) is 9. The zero-order valence-corrected chi connectivity index (χ0v) is 24.6. The second kappa shape index (κ2) is 12.9. The molecule has 1 aromatic heterocycles. The number of halogens is 2. The molecule has 0 unspecified atom stereocenters. The molecule has 2 aliphatic heterocycles. The standard InChI is InChI=1S/C29H33Cl2N7O3/c1-4-28(39)35-21-15-22(25(40-3)16-24(21)37-12-10-36(5-2)11-13-37)34-26-17-27(33-18-32-26)38-23(9-14-41-38)19-7-6-8-20(30)29(19)31/h4,6-8,15-18,23H,1,5,9-14H2,2-3H3,(H,35,39)(H,32,33,34)/t23-/m1/s1. The van der Waals surface area contributed by atoms with Crippen molar-refractivity contribution in [1.82, 2.24) is 14.9 Å². The molecule has 2 saturated heterocycles. The highest BCUT2D eigenvalue weighted by molar-refractivity contribution is 6.42. The molecular weight excluding hydrogens is 565 g/mol. The molecule has 0 spiro atoms. The van der Waals surface area contributed by atoms with E-state index in [0.717, 1.165) is 50.4 Å². The Labute approximate surface area is 249 Å². The van der Waals surface area contributed by atoms with Crippen molar-refractivity contribution in [2.45, 2.75) is 19.4 Å². The van der Waals surface area contributed by atoms with Gasteiger partial charge in [-0.15, -0.1) is 0 Å². The summed E-state index contributed by atoms with van der Waals surface area (Å²) in [4.78, 5) is 31.8. The fourth-order valence-corrected chi connectivity index (χ4v) is 5.55. The number of hydroxylamine groups is 1. The third-order valence-corrected chi connectivity index (χ3v) is 8.14. The van der Waals surface area contributed by atoms with Crippen LogP contribution in [0.3, 0.4) is 0 Å². The number of ether oxygens (including phenoxy) is 1. The maximum Gasteiger partial charge on any atom is 0.247 e. The van der Waals surface area contributed by atoms with Crippen LogP contribution in [-0.4, -0.2) is 67.2 Å². The number of hydrogen-bond donors (Lipinski definition) is 2. The Kier molecular flexibility index (Phi) is 9.14. The summed E-state index contributed by atoms with van der Waals surface area (Å²) in [5.41, 5.74) is 3.03. The number of methoxy groups -OCH3 is 1. The maximum atomic E-state index is 12.4. The van der Waals surface area contributed by atoms with E-state index in [0.29, 0.717) is 45.4 Å². The summed E-state index contributed by atoms with van der Waals surface area (Å²) in [7, 11) is 1.62. The second-order valence-corrected chi connectivity index (χ2v) is 10.5. The molecular formula is C29H33Cl2N7O3. The fourth-order valence-electron chi connectivity index (χ4n) is 5.12. The molecule has 3 heterocycles. The number of carbonyl (C=O) groups excluding carboxylic acids is 1. The number of benzene rings is 2. The van der Waals surface area contributed by atoms with Gasteiger partial charge in [-0.1, -0.05) is 48.8 Å². The highest BCUT2D eigenvalue weighted by Gasteiger charge is 2.31. The van der Waals surface area contributed by atoms with Gasteiger partial charge < -0.3 is 25.2 Å². The zero-order valence-electron chi connectivity index (χ0n) is 23.1. The van der Waals surface area contributed by atoms with Crippen LogP contribution in [0.4, 0.5) is 28.7 Å². The van der Waals surface area contributed by atoms with Crippen LogP contribution in [0.15, 0.2) is 55.4 Å². The van der Waals surface area contributed by atoms with Crippen molar-refractivity contribution in [1.29, 1.82) is 0 Å². The Hall–Kier alpha value is -3.57. The van der Waals surface area contributed by atoms with Gasteiger partial charge in [0.15, 0.2) is 5.82 Å². The molecule has 41 heavy (non-hydrogen) atoms. The molecule has 1 atom stereocenters. The molecule has 0 bridgehead atoms. The Morgan fingerprint density at radius 3 is 2.71 bits per heavy atom. The number of likely N-dealkylation sites (N-methyl/N-ethyl adjacent to an activating group) is 1. The van der Waals surface area contributed by atoms with Crippen molar-refractivity contribution in [2.75, 3.05) is 67.0 Å². The van der Waals surface area contributed by atoms with Crippen molar-refractivity contribution >= 4 is 57.8 Å². The predicted octanol–water partition coefficient (Wildman–Crippen LogP) is 5.69. The lowest BCUT2D eigenvalue weighted by Crippen LogP contribution is -2.46. The van der Waals surface area contributed by atoms with Gasteiger partial charge in [0.2, 0.25) is 5.91 Å². The van der Waals surface area contributed by atoms with Crippen LogP contribution in [0.5, 0.6) is 5.75 Å². The van der Waals surface area contributed by atoms with Gasteiger partial charge in [0, 0.05) is 44.7 Å². The van der Waals surface area contributed by atoms with E-state index in [-0.39, 0.29) is 11.9 Å². The van der Waals surface area contributed by atoms with Crippen LogP contribution < -0.4 is 25.3 Å². The summed E-state index contributed by atoms with van der Waals surface area (Å²) in [6.45, 7) is 10.8. The predicted molar refractivity (Wildman–Crippen MR) is 164 cm³/mol. The summed E-state index contributed by atoms with van der Waals surface area (Å²) in [6.07, 6.45) is 3.44. The molecule has 5 rings (SSSR count). The molecule has 2 N–H and O–H groups in total. The monoisotopic (exact) mass is 597 g/mol. The minimum Gasteiger partial charge on any atom is -0.494 e. The minimum absolute atomic E-state index is 0.160. The van der Waals surface area contributed by atoms with Gasteiger partial charge in [-0.05, 0) is 30.3 Å². The van der Waals surface area contributed by atoms with Crippen LogP contribution >= 0.6 is 23.2 Å². The number of rotatable bonds is 9. The molecule has 2 aliphatic rings. The molecule has 0 aliphatic carbocycles. The van der Waals surface area contributed by atoms with E-state index in [4.69, 9.17) is 32.8 Å². The number of nitrogens with one attached hydrogen (secondary N) is 2. The number of piperazine rings is 1. The lowest BCUT2D eigenvalue weighted by Gasteiger charge is -2.36. The third kappa shape index (κ3) is 6.36. The Balaban J connectivity index is 1.44. The van der Waals surface area contributed by atoms with E-state index in [1.807, 2.05) is 24.3 Å². The van der Waals surface area contributed by atoms with E-state index in [1.54, 1.807) is 24.3 Å². The van der Waals surface area contributed by atoms with E-state index < -0.39 is 0 Å². The highest BCUT2D eigenvalue weighted by atomic mass is 35.5. The molecule has 3 aromatic rings. The van der Waals surface area contributed by atoms with Gasteiger partial charge in [-0.3, -0.25) is 9.63 Å². The first-order valence-electron chi connectivity index (χ1n) is 13.5. The zero-order chi connectivity index (χ0) is 28.9. The van der Waals surface area contributed by atoms with Gasteiger partial charge in [0.25, 0.3) is 0 Å². The van der Waals surface area contributed by atoms with Crippen LogP contribution in [0.2, 0.25) is 10.0 Å². The molecule has 12 heteroatoms. The smallest absolute Gasteiger partial charge is 0.247 e. The normalized spacial score (nSPS) is 17.4. The highest BCUT2D eigenvalue weighted by Crippen LogP contribution is 2.41. The van der Waals surface area contributed by atoms with E-state index in [2.05, 4.69) is 43.9 Å². The first kappa shape index (κ1) is 28.9. The topological polar surface area (TPSA) is 95.1 Å². The summed E-state index contributed by atoms with van der Waals surface area (Å²) in [5.74, 6) is 1.39. The molecule has 1 amide bonds. The van der Waals surface area contributed by atoms with E-state index in [1.165, 1.54) is 12.4 Å². The van der Waals surface area contributed by atoms with Crippen molar-refractivity contribution in [3.8, 4) is 5.75 Å². The largest absolute Gasteiger partial charge is 0.494 e. The fraction of sp³-hybridized carbons (Fsp3) is 0.345. The number of carbonyl (C=O) groups is 1. The molecule has 216 valence electrons. The molecule has 2 fully saturated rings. The lowest BCUT2D eigenvalue weighted by atomic mass is 10.0. The van der Waals surface area contributed by atoms with Crippen LogP contribution in [0, 0.1) is 0 Å². The molecule has 0 saturated carbocycles. The molecule has 10 nitrogen and oxygen atoms in total. The number of amides is 1. The van der Waals surface area contributed by atoms with Gasteiger partial charge in [-0.25, -0.2) is 15.0 Å². The minimum atomic E-state index is -0.296. The number of nitrogens with zero attached hydrogens (tertiary/aromatic N) is 5. The first-order chi connectivity index (χ1) is 19.9. The number of anilines is 5. The summed E-state index contributed by atoms with van der Waals surface area (Å²) in [5, 5.41) is 9.01. The van der Waals surface area contributed by atoms with Gasteiger partial charge in [-0.2, -0.15) is 0 Å². The summed E-state index contributed by atoms with van der Waals surface area (Å²) < 4.78 is 5.77. The third-order valence-electron chi connectivity index (χ3n) is 7.31. The van der Waals surface area contributed by atoms with Crippen LogP contribution in [0.1, 0.15) is 24.9 Å². The van der Waals surface area contributed by atoms with Crippen molar-refractivity contribution in [3.05, 3.63) is 71.0 Å². The van der Waals surface area contributed by atoms with Crippen LogP contribution in [-0.2, 0) is 9.63 Å². The molecule has 2 aromatic carbocycles. The SMILES string of the molecule is C=CC(=O)Nc1cc(Nc2cc(N3OCC[C@@H]3c3cccc(Cl)c3Cl)ncn2)c(OC)cc1N1CCN(CC)CC1. The second-order valence-electron chi connectivity index (χ2n) is 9.68. The average molecular weight is 599 g/mol. The van der Waals surface area contributed by atoms with Gasteiger partial charge in [0.05, 0.1) is 46.9 Å². The van der Waals surface area contributed by atoms with Crippen LogP contribution in [0.25, 0.3) is 0 Å². The average Bonchev–Trinajstić information content (AvgIpc) is 3.49. The first-order valence-corrected chi connectivity index (χ1v) is 14.2. The van der Waals surface area contributed by atoms with Crippen molar-refractivity contribution in [2.24, 2.45) is 0 Å². The van der Waals surface area contributed by atoms with E-state index >= 15 is 0 Å². The Bertz CT molecular complexity index is 1420.